The lowest BCUT2D eigenvalue weighted by molar-refractivity contribution is -0.117. The molecule has 1 heterocycles. The normalized spacial score (nSPS) is 10.3. The van der Waals surface area contributed by atoms with Crippen molar-refractivity contribution in [2.45, 2.75) is 12.8 Å². The molecule has 1 aromatic heterocycles. The van der Waals surface area contributed by atoms with E-state index in [2.05, 4.69) is 4.98 Å². The third-order valence-corrected chi connectivity index (χ3v) is 2.54. The van der Waals surface area contributed by atoms with Crippen molar-refractivity contribution >= 4 is 5.78 Å². The van der Waals surface area contributed by atoms with Crippen molar-refractivity contribution in [2.75, 3.05) is 0 Å². The summed E-state index contributed by atoms with van der Waals surface area (Å²) in [6.45, 7) is 0. The van der Waals surface area contributed by atoms with Crippen LogP contribution in [0.15, 0.2) is 42.7 Å². The van der Waals surface area contributed by atoms with Crippen LogP contribution in [0.3, 0.4) is 0 Å². The molecular formula is C14H11F2NO. The molecule has 0 spiro atoms. The summed E-state index contributed by atoms with van der Waals surface area (Å²) in [5.41, 5.74) is 0.850. The fraction of sp³-hybridized carbons (Fsp3) is 0.143. The highest BCUT2D eigenvalue weighted by molar-refractivity contribution is 5.83. The van der Waals surface area contributed by atoms with Gasteiger partial charge in [-0.15, -0.1) is 0 Å². The van der Waals surface area contributed by atoms with E-state index < -0.39 is 11.6 Å². The Bertz CT molecular complexity index is 555. The van der Waals surface area contributed by atoms with E-state index in [-0.39, 0.29) is 24.2 Å². The van der Waals surface area contributed by atoms with Gasteiger partial charge in [0.25, 0.3) is 0 Å². The molecule has 0 aliphatic heterocycles. The minimum Gasteiger partial charge on any atom is -0.299 e. The first-order valence-electron chi connectivity index (χ1n) is 5.50. The third kappa shape index (κ3) is 2.97. The maximum atomic E-state index is 13.4. The van der Waals surface area contributed by atoms with Crippen LogP contribution in [0.4, 0.5) is 8.78 Å². The van der Waals surface area contributed by atoms with Gasteiger partial charge in [0.1, 0.15) is 5.78 Å². The molecule has 0 saturated carbocycles. The number of ketones is 1. The number of aromatic nitrogens is 1. The predicted octanol–water partition coefficient (Wildman–Crippen LogP) is 2.71. The minimum absolute atomic E-state index is 0.0869. The lowest BCUT2D eigenvalue weighted by Gasteiger charge is -2.03. The second kappa shape index (κ2) is 5.49. The molecule has 18 heavy (non-hydrogen) atoms. The Hall–Kier alpha value is -2.10. The Balaban J connectivity index is 2.06. The van der Waals surface area contributed by atoms with Gasteiger partial charge in [0.2, 0.25) is 0 Å². The first-order valence-corrected chi connectivity index (χ1v) is 5.50. The van der Waals surface area contributed by atoms with Gasteiger partial charge in [0.05, 0.1) is 0 Å². The molecule has 0 N–H and O–H groups in total. The number of halogens is 2. The molecule has 2 rings (SSSR count). The average molecular weight is 247 g/mol. The number of pyridine rings is 1. The summed E-state index contributed by atoms with van der Waals surface area (Å²) in [5, 5.41) is 0. The highest BCUT2D eigenvalue weighted by atomic mass is 19.2. The molecule has 0 amide bonds. The summed E-state index contributed by atoms with van der Waals surface area (Å²) in [6.07, 6.45) is 3.25. The van der Waals surface area contributed by atoms with Crippen LogP contribution in [-0.2, 0) is 17.6 Å². The predicted molar refractivity (Wildman–Crippen MR) is 63.0 cm³/mol. The van der Waals surface area contributed by atoms with Crippen LogP contribution in [-0.4, -0.2) is 10.8 Å². The van der Waals surface area contributed by atoms with E-state index in [4.69, 9.17) is 0 Å². The zero-order valence-corrected chi connectivity index (χ0v) is 9.57. The van der Waals surface area contributed by atoms with Crippen molar-refractivity contribution < 1.29 is 13.6 Å². The number of nitrogens with zero attached hydrogens (tertiary/aromatic N) is 1. The third-order valence-electron chi connectivity index (χ3n) is 2.54. The fourth-order valence-electron chi connectivity index (χ4n) is 1.69. The first-order chi connectivity index (χ1) is 8.66. The number of rotatable bonds is 4. The van der Waals surface area contributed by atoms with Crippen LogP contribution in [0.5, 0.6) is 0 Å². The number of Topliss-reactive ketones (excluding diaryl/α,β-unsaturated/α-hetero) is 1. The van der Waals surface area contributed by atoms with Gasteiger partial charge in [0.15, 0.2) is 11.6 Å². The van der Waals surface area contributed by atoms with Crippen LogP contribution in [0.1, 0.15) is 11.1 Å². The largest absolute Gasteiger partial charge is 0.299 e. The van der Waals surface area contributed by atoms with Crippen molar-refractivity contribution in [3.8, 4) is 0 Å². The van der Waals surface area contributed by atoms with E-state index in [9.17, 15) is 13.6 Å². The molecule has 0 saturated heterocycles. The van der Waals surface area contributed by atoms with Crippen LogP contribution < -0.4 is 0 Å². The SMILES string of the molecule is O=C(Cc1cccnc1)Cc1cccc(F)c1F. The molecule has 0 bridgehead atoms. The first kappa shape index (κ1) is 12.4. The Kier molecular flexibility index (Phi) is 3.77. The van der Waals surface area contributed by atoms with Crippen LogP contribution >= 0.6 is 0 Å². The van der Waals surface area contributed by atoms with E-state index in [0.717, 1.165) is 11.6 Å². The van der Waals surface area contributed by atoms with E-state index in [1.54, 1.807) is 24.5 Å². The smallest absolute Gasteiger partial charge is 0.162 e. The Morgan fingerprint density at radius 3 is 2.67 bits per heavy atom. The van der Waals surface area contributed by atoms with Crippen LogP contribution in [0.25, 0.3) is 0 Å². The zero-order chi connectivity index (χ0) is 13.0. The Morgan fingerprint density at radius 1 is 1.11 bits per heavy atom. The molecule has 92 valence electrons. The summed E-state index contributed by atoms with van der Waals surface area (Å²) in [4.78, 5) is 15.6. The summed E-state index contributed by atoms with van der Waals surface area (Å²) in [5.74, 6) is -2.05. The highest BCUT2D eigenvalue weighted by Gasteiger charge is 2.12. The van der Waals surface area contributed by atoms with E-state index in [1.807, 2.05) is 0 Å². The molecule has 0 radical (unpaired) electrons. The summed E-state index contributed by atoms with van der Waals surface area (Å²) < 4.78 is 26.3. The molecule has 0 unspecified atom stereocenters. The van der Waals surface area contributed by atoms with Gasteiger partial charge in [-0.2, -0.15) is 0 Å². The van der Waals surface area contributed by atoms with Crippen molar-refractivity contribution in [3.63, 3.8) is 0 Å². The van der Waals surface area contributed by atoms with Crippen molar-refractivity contribution in [1.82, 2.24) is 4.98 Å². The van der Waals surface area contributed by atoms with Crippen molar-refractivity contribution in [1.29, 1.82) is 0 Å². The molecule has 2 nitrogen and oxygen atoms in total. The molecular weight excluding hydrogens is 236 g/mol. The van der Waals surface area contributed by atoms with E-state index in [0.29, 0.717) is 0 Å². The second-order valence-corrected chi connectivity index (χ2v) is 3.97. The van der Waals surface area contributed by atoms with Gasteiger partial charge in [0, 0.05) is 25.2 Å². The van der Waals surface area contributed by atoms with Crippen LogP contribution in [0.2, 0.25) is 0 Å². The standard InChI is InChI=1S/C14H11F2NO/c15-13-5-1-4-11(14(13)16)8-12(18)7-10-3-2-6-17-9-10/h1-6,9H,7-8H2. The van der Waals surface area contributed by atoms with Crippen molar-refractivity contribution in [3.05, 3.63) is 65.5 Å². The van der Waals surface area contributed by atoms with Crippen LogP contribution in [0, 0.1) is 11.6 Å². The van der Waals surface area contributed by atoms with Crippen molar-refractivity contribution in [2.24, 2.45) is 0 Å². The quantitative estimate of drug-likeness (QED) is 0.831. The van der Waals surface area contributed by atoms with Gasteiger partial charge in [-0.1, -0.05) is 18.2 Å². The van der Waals surface area contributed by atoms with Gasteiger partial charge in [-0.3, -0.25) is 9.78 Å². The lowest BCUT2D eigenvalue weighted by atomic mass is 10.0. The zero-order valence-electron chi connectivity index (χ0n) is 9.57. The second-order valence-electron chi connectivity index (χ2n) is 3.97. The molecule has 0 aliphatic rings. The number of carbonyl (C=O) groups is 1. The highest BCUT2D eigenvalue weighted by Crippen LogP contribution is 2.13. The fourth-order valence-corrected chi connectivity index (χ4v) is 1.69. The molecule has 0 aliphatic carbocycles. The molecule has 1 aromatic carbocycles. The Labute approximate surface area is 103 Å². The minimum atomic E-state index is -0.947. The Morgan fingerprint density at radius 2 is 1.94 bits per heavy atom. The number of hydrogen-bond acceptors (Lipinski definition) is 2. The lowest BCUT2D eigenvalue weighted by Crippen LogP contribution is -2.08. The topological polar surface area (TPSA) is 30.0 Å². The number of carbonyl (C=O) groups excluding carboxylic acids is 1. The van der Waals surface area contributed by atoms with Gasteiger partial charge in [-0.05, 0) is 23.3 Å². The molecule has 0 atom stereocenters. The summed E-state index contributed by atoms with van der Waals surface area (Å²) >= 11 is 0. The molecule has 0 fully saturated rings. The average Bonchev–Trinajstić information content (AvgIpc) is 2.36. The number of hydrogen-bond donors (Lipinski definition) is 0. The maximum Gasteiger partial charge on any atom is 0.162 e. The van der Waals surface area contributed by atoms with E-state index in [1.165, 1.54) is 12.1 Å². The monoisotopic (exact) mass is 247 g/mol. The van der Waals surface area contributed by atoms with Gasteiger partial charge in [-0.25, -0.2) is 8.78 Å². The van der Waals surface area contributed by atoms with E-state index >= 15 is 0 Å². The van der Waals surface area contributed by atoms with Gasteiger partial charge >= 0.3 is 0 Å². The number of benzene rings is 1. The summed E-state index contributed by atoms with van der Waals surface area (Å²) in [7, 11) is 0. The summed E-state index contributed by atoms with van der Waals surface area (Å²) in [6, 6.07) is 7.34. The maximum absolute atomic E-state index is 13.4. The van der Waals surface area contributed by atoms with Gasteiger partial charge < -0.3 is 0 Å². The molecule has 4 heteroatoms. The molecule has 2 aromatic rings.